The first-order valence-corrected chi connectivity index (χ1v) is 5.10. The lowest BCUT2D eigenvalue weighted by Gasteiger charge is -2.43. The minimum Gasteiger partial charge on any atom is -0.329 e. The average Bonchev–Trinajstić information content (AvgIpc) is 1.80. The molecular weight excluding hydrogens is 170 g/mol. The van der Waals surface area contributed by atoms with Crippen LogP contribution in [0.1, 0.15) is 33.6 Å². The second-order valence-corrected chi connectivity index (χ2v) is 6.79. The maximum atomic E-state index is 10.9. The van der Waals surface area contributed by atoms with Crippen molar-refractivity contribution >= 4 is 17.5 Å². The zero-order valence-corrected chi connectivity index (χ0v) is 8.83. The Morgan fingerprint density at radius 1 is 1.50 bits per heavy atom. The number of hydrogen-bond acceptors (Lipinski definition) is 3. The molecule has 3 heteroatoms. The lowest BCUT2D eigenvalue weighted by atomic mass is 9.83. The zero-order chi connectivity index (χ0) is 9.41. The van der Waals surface area contributed by atoms with Crippen LogP contribution in [0.3, 0.4) is 0 Å². The van der Waals surface area contributed by atoms with Crippen LogP contribution in [0.15, 0.2) is 0 Å². The molecule has 0 atom stereocenters. The molecule has 1 aliphatic rings. The highest BCUT2D eigenvalue weighted by atomic mass is 32.2. The van der Waals surface area contributed by atoms with Gasteiger partial charge in [-0.3, -0.25) is 4.79 Å². The van der Waals surface area contributed by atoms with Gasteiger partial charge in [0.2, 0.25) is 0 Å². The minimum atomic E-state index is 0.0648. The number of thioether (sulfide) groups is 1. The van der Waals surface area contributed by atoms with Gasteiger partial charge in [0.05, 0.1) is 0 Å². The molecule has 0 heterocycles. The van der Waals surface area contributed by atoms with E-state index in [0.29, 0.717) is 25.2 Å². The van der Waals surface area contributed by atoms with Gasteiger partial charge in [-0.2, -0.15) is 0 Å². The maximum absolute atomic E-state index is 10.9. The summed E-state index contributed by atoms with van der Waals surface area (Å²) in [5.41, 5.74) is 5.67. The van der Waals surface area contributed by atoms with Crippen LogP contribution < -0.4 is 5.73 Å². The molecule has 12 heavy (non-hydrogen) atoms. The summed E-state index contributed by atoms with van der Waals surface area (Å²) in [5.74, 6) is 0.359. The largest absolute Gasteiger partial charge is 0.329 e. The van der Waals surface area contributed by atoms with E-state index in [1.54, 1.807) is 0 Å². The topological polar surface area (TPSA) is 43.1 Å². The highest BCUT2D eigenvalue weighted by Gasteiger charge is 2.45. The number of nitrogens with two attached hydrogens (primary N) is 1. The Labute approximate surface area is 78.3 Å². The first-order chi connectivity index (χ1) is 5.37. The summed E-state index contributed by atoms with van der Waals surface area (Å²) in [4.78, 5) is 10.9. The van der Waals surface area contributed by atoms with E-state index in [9.17, 15) is 4.79 Å². The van der Waals surface area contributed by atoms with E-state index in [0.717, 1.165) is 0 Å². The van der Waals surface area contributed by atoms with Gasteiger partial charge in [-0.05, 0) is 0 Å². The van der Waals surface area contributed by atoms with Gasteiger partial charge in [0.25, 0.3) is 0 Å². The third-order valence-electron chi connectivity index (χ3n) is 1.93. The van der Waals surface area contributed by atoms with Gasteiger partial charge in [-0.25, -0.2) is 0 Å². The molecule has 0 aromatic rings. The number of ketones is 1. The van der Waals surface area contributed by atoms with E-state index in [2.05, 4.69) is 20.8 Å². The average molecular weight is 187 g/mol. The maximum Gasteiger partial charge on any atom is 0.135 e. The first kappa shape index (κ1) is 10.1. The number of Topliss-reactive ketones (excluding diaryl/α,β-unsaturated/α-hetero) is 1. The molecule has 70 valence electrons. The number of carbonyl (C=O) groups is 1. The van der Waals surface area contributed by atoms with Crippen molar-refractivity contribution in [1.29, 1.82) is 0 Å². The van der Waals surface area contributed by atoms with Crippen molar-refractivity contribution in [3.8, 4) is 0 Å². The lowest BCUT2D eigenvalue weighted by molar-refractivity contribution is -0.125. The zero-order valence-electron chi connectivity index (χ0n) is 8.02. The van der Waals surface area contributed by atoms with Crippen molar-refractivity contribution in [3.63, 3.8) is 0 Å². The van der Waals surface area contributed by atoms with Crippen LogP contribution >= 0.6 is 11.8 Å². The van der Waals surface area contributed by atoms with Crippen molar-refractivity contribution in [2.24, 2.45) is 5.73 Å². The fourth-order valence-electron chi connectivity index (χ4n) is 1.57. The van der Waals surface area contributed by atoms with Crippen LogP contribution in [0.25, 0.3) is 0 Å². The van der Waals surface area contributed by atoms with E-state index < -0.39 is 0 Å². The predicted molar refractivity (Wildman–Crippen MR) is 53.4 cm³/mol. The molecule has 0 saturated heterocycles. The van der Waals surface area contributed by atoms with Gasteiger partial charge in [0.1, 0.15) is 5.78 Å². The second kappa shape index (κ2) is 3.04. The van der Waals surface area contributed by atoms with Gasteiger partial charge < -0.3 is 5.73 Å². The van der Waals surface area contributed by atoms with Crippen molar-refractivity contribution < 1.29 is 4.79 Å². The predicted octanol–water partition coefficient (Wildman–Crippen LogP) is 1.58. The summed E-state index contributed by atoms with van der Waals surface area (Å²) in [6.45, 7) is 7.12. The molecule has 2 nitrogen and oxygen atoms in total. The van der Waals surface area contributed by atoms with Crippen LogP contribution in [0.2, 0.25) is 0 Å². The third kappa shape index (κ3) is 2.23. The minimum absolute atomic E-state index is 0.0648. The molecule has 0 unspecified atom stereocenters. The standard InChI is InChI=1S/C9H17NOS/c1-8(2,3)12-9(6-10)4-7(11)5-9/h4-6,10H2,1-3H3. The molecule has 0 spiro atoms. The quantitative estimate of drug-likeness (QED) is 0.713. The highest BCUT2D eigenvalue weighted by molar-refractivity contribution is 8.02. The van der Waals surface area contributed by atoms with Crippen LogP contribution in [-0.2, 0) is 4.79 Å². The molecule has 1 rings (SSSR count). The van der Waals surface area contributed by atoms with Crippen LogP contribution in [-0.4, -0.2) is 21.8 Å². The van der Waals surface area contributed by atoms with Gasteiger partial charge in [0.15, 0.2) is 0 Å². The summed E-state index contributed by atoms with van der Waals surface area (Å²) in [7, 11) is 0. The molecule has 0 amide bonds. The van der Waals surface area contributed by atoms with Crippen LogP contribution in [0.5, 0.6) is 0 Å². The Balaban J connectivity index is 2.53. The Hall–Kier alpha value is -0.0200. The van der Waals surface area contributed by atoms with Gasteiger partial charge >= 0.3 is 0 Å². The summed E-state index contributed by atoms with van der Waals surface area (Å²) in [5, 5.41) is 0. The van der Waals surface area contributed by atoms with E-state index in [1.165, 1.54) is 0 Å². The first-order valence-electron chi connectivity index (χ1n) is 4.29. The summed E-state index contributed by atoms with van der Waals surface area (Å²) in [6, 6.07) is 0. The fourth-order valence-corrected chi connectivity index (χ4v) is 3.42. The molecule has 1 saturated carbocycles. The SMILES string of the molecule is CC(C)(C)SC1(CN)CC(=O)C1. The van der Waals surface area contributed by atoms with Crippen molar-refractivity contribution in [3.05, 3.63) is 0 Å². The highest BCUT2D eigenvalue weighted by Crippen LogP contribution is 2.46. The molecule has 1 fully saturated rings. The molecular formula is C9H17NOS. The molecule has 0 bridgehead atoms. The number of rotatable bonds is 2. The normalized spacial score (nSPS) is 22.2. The molecule has 0 aromatic heterocycles. The fraction of sp³-hybridized carbons (Fsp3) is 0.889. The lowest BCUT2D eigenvalue weighted by Crippen LogP contribution is -2.49. The van der Waals surface area contributed by atoms with Gasteiger partial charge in [0, 0.05) is 28.9 Å². The Kier molecular flexibility index (Phi) is 2.55. The van der Waals surface area contributed by atoms with E-state index >= 15 is 0 Å². The Morgan fingerprint density at radius 2 is 2.00 bits per heavy atom. The molecule has 2 N–H and O–H groups in total. The summed E-state index contributed by atoms with van der Waals surface area (Å²) in [6.07, 6.45) is 1.34. The smallest absolute Gasteiger partial charge is 0.135 e. The Morgan fingerprint density at radius 3 is 2.25 bits per heavy atom. The monoisotopic (exact) mass is 187 g/mol. The molecule has 0 radical (unpaired) electrons. The van der Waals surface area contributed by atoms with Gasteiger partial charge in [-0.1, -0.05) is 20.8 Å². The van der Waals surface area contributed by atoms with Crippen LogP contribution in [0, 0.1) is 0 Å². The number of carbonyl (C=O) groups excluding carboxylic acids is 1. The summed E-state index contributed by atoms with van der Waals surface area (Å²) < 4.78 is 0.273. The summed E-state index contributed by atoms with van der Waals surface area (Å²) >= 11 is 1.85. The number of hydrogen-bond donors (Lipinski definition) is 1. The van der Waals surface area contributed by atoms with Gasteiger partial charge in [-0.15, -0.1) is 11.8 Å². The van der Waals surface area contributed by atoms with E-state index in [-0.39, 0.29) is 9.49 Å². The van der Waals surface area contributed by atoms with Crippen molar-refractivity contribution in [2.45, 2.75) is 43.1 Å². The second-order valence-electron chi connectivity index (χ2n) is 4.49. The third-order valence-corrected chi connectivity index (χ3v) is 3.43. The molecule has 1 aliphatic carbocycles. The molecule has 0 aromatic carbocycles. The molecule has 0 aliphatic heterocycles. The Bertz CT molecular complexity index is 187. The van der Waals surface area contributed by atoms with Crippen molar-refractivity contribution in [2.75, 3.05) is 6.54 Å². The van der Waals surface area contributed by atoms with Crippen molar-refractivity contribution in [1.82, 2.24) is 0 Å². The van der Waals surface area contributed by atoms with Crippen LogP contribution in [0.4, 0.5) is 0 Å². The van der Waals surface area contributed by atoms with E-state index in [4.69, 9.17) is 5.73 Å². The van der Waals surface area contributed by atoms with E-state index in [1.807, 2.05) is 11.8 Å².